The quantitative estimate of drug-likeness (QED) is 0.644. The topological polar surface area (TPSA) is 23.6 Å². The van der Waals surface area contributed by atoms with E-state index in [2.05, 4.69) is 0 Å². The molecule has 0 unspecified atom stereocenters. The second-order valence-electron chi connectivity index (χ2n) is 6.91. The highest BCUT2D eigenvalue weighted by Gasteiger charge is 2.38. The van der Waals surface area contributed by atoms with E-state index >= 15 is 0 Å². The third-order valence-electron chi connectivity index (χ3n) is 4.77. The Morgan fingerprint density at radius 3 is 1.86 bits per heavy atom. The van der Waals surface area contributed by atoms with E-state index in [1.54, 1.807) is 0 Å². The Labute approximate surface area is 163 Å². The highest BCUT2D eigenvalue weighted by Crippen LogP contribution is 2.36. The van der Waals surface area contributed by atoms with Crippen LogP contribution in [0.25, 0.3) is 0 Å². The van der Waals surface area contributed by atoms with Gasteiger partial charge in [-0.2, -0.15) is 26.3 Å². The van der Waals surface area contributed by atoms with Crippen LogP contribution in [0.1, 0.15) is 27.0 Å². The van der Waals surface area contributed by atoms with Gasteiger partial charge >= 0.3 is 12.4 Å². The second kappa shape index (κ2) is 7.61. The number of amides is 1. The summed E-state index contributed by atoms with van der Waals surface area (Å²) in [5, 5.41) is 0. The molecule has 1 amide bonds. The molecule has 0 radical (unpaired) electrons. The van der Waals surface area contributed by atoms with E-state index in [-0.39, 0.29) is 19.2 Å². The largest absolute Gasteiger partial charge is 0.416 e. The van der Waals surface area contributed by atoms with Crippen molar-refractivity contribution >= 4 is 11.6 Å². The first kappa shape index (κ1) is 21.0. The van der Waals surface area contributed by atoms with Gasteiger partial charge in [0.2, 0.25) is 0 Å². The lowest BCUT2D eigenvalue weighted by molar-refractivity contribution is -0.143. The SMILES string of the molecule is Cc1cccc(N2CCN(C(=O)c3cc(C(F)(F)F)cc(C(F)(F)F)c3)CC2)c1. The third kappa shape index (κ3) is 4.83. The molecular weight excluding hydrogens is 398 g/mol. The van der Waals surface area contributed by atoms with Crippen molar-refractivity contribution in [1.82, 2.24) is 4.90 Å². The molecule has 0 spiro atoms. The molecule has 2 aromatic rings. The van der Waals surface area contributed by atoms with Crippen molar-refractivity contribution in [3.63, 3.8) is 0 Å². The number of nitrogens with zero attached hydrogens (tertiary/aromatic N) is 2. The minimum absolute atomic E-state index is 0.0203. The van der Waals surface area contributed by atoms with Gasteiger partial charge in [0.15, 0.2) is 0 Å². The number of carbonyl (C=O) groups excluding carboxylic acids is 1. The van der Waals surface area contributed by atoms with Gasteiger partial charge in [-0.15, -0.1) is 0 Å². The number of aryl methyl sites for hydroxylation is 1. The predicted octanol–water partition coefficient (Wildman–Crippen LogP) is 5.00. The first-order chi connectivity index (χ1) is 13.4. The van der Waals surface area contributed by atoms with Gasteiger partial charge in [0.1, 0.15) is 0 Å². The maximum atomic E-state index is 13.0. The zero-order valence-corrected chi connectivity index (χ0v) is 15.4. The minimum atomic E-state index is -4.99. The molecule has 1 aliphatic rings. The zero-order valence-electron chi connectivity index (χ0n) is 15.4. The Morgan fingerprint density at radius 1 is 0.828 bits per heavy atom. The summed E-state index contributed by atoms with van der Waals surface area (Å²) in [4.78, 5) is 15.9. The van der Waals surface area contributed by atoms with Gasteiger partial charge in [-0.25, -0.2) is 0 Å². The van der Waals surface area contributed by atoms with Gasteiger partial charge in [-0.1, -0.05) is 12.1 Å². The molecule has 3 nitrogen and oxygen atoms in total. The number of piperazine rings is 1. The van der Waals surface area contributed by atoms with E-state index in [9.17, 15) is 31.1 Å². The summed E-state index contributed by atoms with van der Waals surface area (Å²) in [5.74, 6) is -0.842. The molecule has 0 saturated carbocycles. The van der Waals surface area contributed by atoms with Crippen LogP contribution in [-0.4, -0.2) is 37.0 Å². The summed E-state index contributed by atoms with van der Waals surface area (Å²) in [5.41, 5.74) is -1.58. The molecule has 2 aromatic carbocycles. The first-order valence-corrected chi connectivity index (χ1v) is 8.85. The lowest BCUT2D eigenvalue weighted by atomic mass is 10.0. The van der Waals surface area contributed by atoms with Gasteiger partial charge in [0.05, 0.1) is 11.1 Å². The molecule has 1 heterocycles. The van der Waals surface area contributed by atoms with E-state index in [1.165, 1.54) is 4.90 Å². The first-order valence-electron chi connectivity index (χ1n) is 8.85. The standard InChI is InChI=1S/C20H18F6N2O/c1-13-3-2-4-17(9-13)27-5-7-28(8-6-27)18(29)14-10-15(19(21,22)23)12-16(11-14)20(24,25)26/h2-4,9-12H,5-8H2,1H3. The highest BCUT2D eigenvalue weighted by atomic mass is 19.4. The zero-order chi connectivity index (χ0) is 21.4. The van der Waals surface area contributed by atoms with E-state index < -0.39 is 35.0 Å². The Balaban J connectivity index is 1.80. The summed E-state index contributed by atoms with van der Waals surface area (Å²) in [6.45, 7) is 3.20. The maximum absolute atomic E-state index is 13.0. The van der Waals surface area contributed by atoms with Gasteiger partial charge < -0.3 is 9.80 Å². The van der Waals surface area contributed by atoms with E-state index in [0.717, 1.165) is 11.3 Å². The molecule has 1 aliphatic heterocycles. The summed E-state index contributed by atoms with van der Waals surface area (Å²) in [6, 6.07) is 8.69. The number of halogens is 6. The Kier molecular flexibility index (Phi) is 5.51. The maximum Gasteiger partial charge on any atom is 0.416 e. The number of anilines is 1. The van der Waals surface area contributed by atoms with Crippen LogP contribution in [0.3, 0.4) is 0 Å². The fourth-order valence-corrected chi connectivity index (χ4v) is 3.25. The molecule has 1 fully saturated rings. The fraction of sp³-hybridized carbons (Fsp3) is 0.350. The summed E-state index contributed by atoms with van der Waals surface area (Å²) in [7, 11) is 0. The molecular formula is C20H18F6N2O. The third-order valence-corrected chi connectivity index (χ3v) is 4.77. The van der Waals surface area contributed by atoms with Crippen molar-refractivity contribution in [3.05, 3.63) is 64.7 Å². The van der Waals surface area contributed by atoms with Crippen LogP contribution in [0.2, 0.25) is 0 Å². The second-order valence-corrected chi connectivity index (χ2v) is 6.91. The van der Waals surface area contributed by atoms with Crippen LogP contribution >= 0.6 is 0 Å². The van der Waals surface area contributed by atoms with Crippen LogP contribution in [0.4, 0.5) is 32.0 Å². The lowest BCUT2D eigenvalue weighted by Gasteiger charge is -2.36. The molecule has 0 bridgehead atoms. The van der Waals surface area contributed by atoms with Crippen LogP contribution in [0, 0.1) is 6.92 Å². The van der Waals surface area contributed by atoms with E-state index in [1.807, 2.05) is 36.1 Å². The van der Waals surface area contributed by atoms with Gasteiger partial charge in [0, 0.05) is 37.4 Å². The predicted molar refractivity (Wildman–Crippen MR) is 95.7 cm³/mol. The van der Waals surface area contributed by atoms with Crippen molar-refractivity contribution in [2.24, 2.45) is 0 Å². The fourth-order valence-electron chi connectivity index (χ4n) is 3.25. The normalized spacial score (nSPS) is 15.6. The molecule has 3 rings (SSSR count). The van der Waals surface area contributed by atoms with Crippen LogP contribution in [0.15, 0.2) is 42.5 Å². The summed E-state index contributed by atoms with van der Waals surface area (Å²) in [6.07, 6.45) is -9.97. The summed E-state index contributed by atoms with van der Waals surface area (Å²) >= 11 is 0. The molecule has 0 N–H and O–H groups in total. The van der Waals surface area contributed by atoms with Crippen LogP contribution in [-0.2, 0) is 12.4 Å². The van der Waals surface area contributed by atoms with Crippen LogP contribution in [0.5, 0.6) is 0 Å². The molecule has 0 aliphatic carbocycles. The number of alkyl halides is 6. The Morgan fingerprint density at radius 2 is 1.38 bits per heavy atom. The van der Waals surface area contributed by atoms with Crippen molar-refractivity contribution in [3.8, 4) is 0 Å². The Bertz CT molecular complexity index is 866. The van der Waals surface area contributed by atoms with Gasteiger partial charge in [-0.05, 0) is 42.8 Å². The van der Waals surface area contributed by atoms with Gasteiger partial charge in [0.25, 0.3) is 5.91 Å². The molecule has 156 valence electrons. The highest BCUT2D eigenvalue weighted by molar-refractivity contribution is 5.95. The minimum Gasteiger partial charge on any atom is -0.368 e. The van der Waals surface area contributed by atoms with Crippen molar-refractivity contribution in [1.29, 1.82) is 0 Å². The number of benzene rings is 2. The number of hydrogen-bond acceptors (Lipinski definition) is 2. The van der Waals surface area contributed by atoms with E-state index in [0.29, 0.717) is 25.2 Å². The van der Waals surface area contributed by atoms with Crippen LogP contribution < -0.4 is 4.90 Å². The van der Waals surface area contributed by atoms with E-state index in [4.69, 9.17) is 0 Å². The summed E-state index contributed by atoms with van der Waals surface area (Å²) < 4.78 is 78.1. The molecule has 0 aromatic heterocycles. The Hall–Kier alpha value is -2.71. The average Bonchev–Trinajstić information content (AvgIpc) is 2.66. The number of rotatable bonds is 2. The molecule has 9 heteroatoms. The van der Waals surface area contributed by atoms with Crippen molar-refractivity contribution in [2.75, 3.05) is 31.1 Å². The number of hydrogen-bond donors (Lipinski definition) is 0. The lowest BCUT2D eigenvalue weighted by Crippen LogP contribution is -2.48. The van der Waals surface area contributed by atoms with Crippen molar-refractivity contribution in [2.45, 2.75) is 19.3 Å². The number of carbonyl (C=O) groups is 1. The molecule has 0 atom stereocenters. The van der Waals surface area contributed by atoms with Crippen molar-refractivity contribution < 1.29 is 31.1 Å². The average molecular weight is 416 g/mol. The molecule has 1 saturated heterocycles. The smallest absolute Gasteiger partial charge is 0.368 e. The monoisotopic (exact) mass is 416 g/mol. The molecule has 29 heavy (non-hydrogen) atoms. The van der Waals surface area contributed by atoms with Gasteiger partial charge in [-0.3, -0.25) is 4.79 Å².